The average molecular weight is 386 g/mol. The van der Waals surface area contributed by atoms with Crippen molar-refractivity contribution in [2.45, 2.75) is 13.5 Å². The van der Waals surface area contributed by atoms with E-state index in [9.17, 15) is 14.4 Å². The number of carbonyl (C=O) groups is 1. The second-order valence-corrected chi connectivity index (χ2v) is 6.45. The van der Waals surface area contributed by atoms with Crippen molar-refractivity contribution in [3.8, 4) is 11.8 Å². The van der Waals surface area contributed by atoms with Crippen LogP contribution < -0.4 is 10.1 Å². The minimum atomic E-state index is -0.494. The zero-order valence-electron chi connectivity index (χ0n) is 15.9. The van der Waals surface area contributed by atoms with Crippen molar-refractivity contribution in [2.75, 3.05) is 5.32 Å². The SMILES string of the molecule is Cc1cccc(NC(=O)/C(C#N)=C/c2ccccc2OCc2ccc(F)cc2)c1. The van der Waals surface area contributed by atoms with E-state index >= 15 is 0 Å². The predicted octanol–water partition coefficient (Wildman–Crippen LogP) is 5.26. The number of rotatable bonds is 6. The van der Waals surface area contributed by atoms with E-state index in [0.717, 1.165) is 11.1 Å². The summed E-state index contributed by atoms with van der Waals surface area (Å²) in [4.78, 5) is 12.5. The molecule has 0 saturated heterocycles. The summed E-state index contributed by atoms with van der Waals surface area (Å²) in [6.45, 7) is 2.16. The number of ether oxygens (including phenoxy) is 1. The molecule has 1 N–H and O–H groups in total. The highest BCUT2D eigenvalue weighted by Crippen LogP contribution is 2.23. The minimum Gasteiger partial charge on any atom is -0.488 e. The summed E-state index contributed by atoms with van der Waals surface area (Å²) in [7, 11) is 0. The topological polar surface area (TPSA) is 62.1 Å². The molecule has 0 fully saturated rings. The van der Waals surface area contributed by atoms with Crippen LogP contribution in [0.25, 0.3) is 6.08 Å². The average Bonchev–Trinajstić information content (AvgIpc) is 2.72. The Hall–Kier alpha value is -3.91. The smallest absolute Gasteiger partial charge is 0.266 e. The van der Waals surface area contributed by atoms with Gasteiger partial charge in [-0.25, -0.2) is 4.39 Å². The predicted molar refractivity (Wildman–Crippen MR) is 111 cm³/mol. The molecule has 1 amide bonds. The van der Waals surface area contributed by atoms with E-state index in [1.165, 1.54) is 18.2 Å². The Labute approximate surface area is 168 Å². The molecule has 0 saturated carbocycles. The fourth-order valence-electron chi connectivity index (χ4n) is 2.70. The number of nitrogens with one attached hydrogen (secondary N) is 1. The van der Waals surface area contributed by atoms with E-state index < -0.39 is 5.91 Å². The Morgan fingerprint density at radius 3 is 2.59 bits per heavy atom. The van der Waals surface area contributed by atoms with Crippen LogP contribution >= 0.6 is 0 Å². The molecule has 3 aromatic carbocycles. The Balaban J connectivity index is 1.77. The molecule has 0 bridgehead atoms. The van der Waals surface area contributed by atoms with Crippen LogP contribution in [0.4, 0.5) is 10.1 Å². The maximum Gasteiger partial charge on any atom is 0.266 e. The number of benzene rings is 3. The number of amides is 1. The van der Waals surface area contributed by atoms with Crippen LogP contribution in [-0.4, -0.2) is 5.91 Å². The summed E-state index contributed by atoms with van der Waals surface area (Å²) in [5.74, 6) is -0.283. The summed E-state index contributed by atoms with van der Waals surface area (Å²) >= 11 is 0. The van der Waals surface area contributed by atoms with E-state index in [1.54, 1.807) is 42.5 Å². The first-order valence-corrected chi connectivity index (χ1v) is 9.01. The number of hydrogen-bond donors (Lipinski definition) is 1. The molecule has 0 radical (unpaired) electrons. The third-order valence-electron chi connectivity index (χ3n) is 4.17. The number of nitrogens with zero attached hydrogens (tertiary/aromatic N) is 1. The molecule has 5 heteroatoms. The van der Waals surface area contributed by atoms with Gasteiger partial charge in [0.05, 0.1) is 0 Å². The quantitative estimate of drug-likeness (QED) is 0.464. The number of halogens is 1. The number of para-hydroxylation sites is 1. The lowest BCUT2D eigenvalue weighted by Gasteiger charge is -2.10. The second kappa shape index (κ2) is 9.34. The molecule has 0 unspecified atom stereocenters. The van der Waals surface area contributed by atoms with Gasteiger partial charge in [-0.3, -0.25) is 4.79 Å². The van der Waals surface area contributed by atoms with Crippen molar-refractivity contribution in [1.82, 2.24) is 0 Å². The highest BCUT2D eigenvalue weighted by molar-refractivity contribution is 6.09. The minimum absolute atomic E-state index is 0.0376. The third kappa shape index (κ3) is 5.53. The first kappa shape index (κ1) is 19.8. The van der Waals surface area contributed by atoms with Gasteiger partial charge >= 0.3 is 0 Å². The fourth-order valence-corrected chi connectivity index (χ4v) is 2.70. The molecule has 3 rings (SSSR count). The molecule has 0 aliphatic carbocycles. The summed E-state index contributed by atoms with van der Waals surface area (Å²) in [6.07, 6.45) is 1.49. The number of nitriles is 1. The van der Waals surface area contributed by atoms with Crippen LogP contribution in [0.1, 0.15) is 16.7 Å². The molecule has 0 aromatic heterocycles. The van der Waals surface area contributed by atoms with E-state index in [0.29, 0.717) is 17.0 Å². The number of anilines is 1. The van der Waals surface area contributed by atoms with Gasteiger partial charge in [0.2, 0.25) is 0 Å². The molecule has 3 aromatic rings. The molecule has 29 heavy (non-hydrogen) atoms. The molecule has 0 aliphatic rings. The highest BCUT2D eigenvalue weighted by Gasteiger charge is 2.11. The molecular weight excluding hydrogens is 367 g/mol. The third-order valence-corrected chi connectivity index (χ3v) is 4.17. The van der Waals surface area contributed by atoms with Crippen molar-refractivity contribution >= 4 is 17.7 Å². The Morgan fingerprint density at radius 2 is 1.86 bits per heavy atom. The lowest BCUT2D eigenvalue weighted by Crippen LogP contribution is -2.13. The van der Waals surface area contributed by atoms with Crippen LogP contribution in [0.2, 0.25) is 0 Å². The van der Waals surface area contributed by atoms with E-state index in [-0.39, 0.29) is 18.0 Å². The highest BCUT2D eigenvalue weighted by atomic mass is 19.1. The lowest BCUT2D eigenvalue weighted by molar-refractivity contribution is -0.112. The number of carbonyl (C=O) groups excluding carboxylic acids is 1. The Morgan fingerprint density at radius 1 is 1.10 bits per heavy atom. The Bertz CT molecular complexity index is 1080. The maximum atomic E-state index is 13.0. The van der Waals surface area contributed by atoms with Gasteiger partial charge in [0.25, 0.3) is 5.91 Å². The normalized spacial score (nSPS) is 10.9. The Kier molecular flexibility index (Phi) is 6.39. The first-order chi connectivity index (χ1) is 14.0. The summed E-state index contributed by atoms with van der Waals surface area (Å²) < 4.78 is 18.8. The monoisotopic (exact) mass is 386 g/mol. The standard InChI is InChI=1S/C24H19FN2O2/c1-17-5-4-7-22(13-17)27-24(28)20(15-26)14-19-6-2-3-8-23(19)29-16-18-9-11-21(25)12-10-18/h2-14H,16H2,1H3,(H,27,28)/b20-14+. The van der Waals surface area contributed by atoms with Crippen LogP contribution in [0.15, 0.2) is 78.4 Å². The van der Waals surface area contributed by atoms with Crippen molar-refractivity contribution < 1.29 is 13.9 Å². The molecule has 4 nitrogen and oxygen atoms in total. The van der Waals surface area contributed by atoms with Gasteiger partial charge in [0, 0.05) is 11.3 Å². The van der Waals surface area contributed by atoms with Gasteiger partial charge in [-0.1, -0.05) is 42.5 Å². The zero-order valence-corrected chi connectivity index (χ0v) is 15.9. The van der Waals surface area contributed by atoms with Gasteiger partial charge in [-0.2, -0.15) is 5.26 Å². The number of aryl methyl sites for hydroxylation is 1. The molecule has 0 heterocycles. The van der Waals surface area contributed by atoms with E-state index in [1.807, 2.05) is 31.2 Å². The van der Waals surface area contributed by atoms with Crippen molar-refractivity contribution in [1.29, 1.82) is 5.26 Å². The lowest BCUT2D eigenvalue weighted by atomic mass is 10.1. The summed E-state index contributed by atoms with van der Waals surface area (Å²) in [6, 6.07) is 22.4. The van der Waals surface area contributed by atoms with Crippen molar-refractivity contribution in [3.05, 3.63) is 101 Å². The van der Waals surface area contributed by atoms with E-state index in [4.69, 9.17) is 4.74 Å². The zero-order chi connectivity index (χ0) is 20.6. The molecule has 144 valence electrons. The van der Waals surface area contributed by atoms with Gasteiger partial charge in [0.1, 0.15) is 29.8 Å². The fraction of sp³-hybridized carbons (Fsp3) is 0.0833. The van der Waals surface area contributed by atoms with E-state index in [2.05, 4.69) is 5.32 Å². The molecule has 0 atom stereocenters. The van der Waals surface area contributed by atoms with Gasteiger partial charge < -0.3 is 10.1 Å². The van der Waals surface area contributed by atoms with Gasteiger partial charge in [-0.15, -0.1) is 0 Å². The van der Waals surface area contributed by atoms with Gasteiger partial charge in [0.15, 0.2) is 0 Å². The first-order valence-electron chi connectivity index (χ1n) is 9.01. The number of hydrogen-bond acceptors (Lipinski definition) is 3. The summed E-state index contributed by atoms with van der Waals surface area (Å²) in [5.41, 5.74) is 3.00. The second-order valence-electron chi connectivity index (χ2n) is 6.45. The molecular formula is C24H19FN2O2. The van der Waals surface area contributed by atoms with Crippen molar-refractivity contribution in [2.24, 2.45) is 0 Å². The molecule has 0 aliphatic heterocycles. The van der Waals surface area contributed by atoms with Crippen LogP contribution in [0.3, 0.4) is 0 Å². The van der Waals surface area contributed by atoms with Gasteiger partial charge in [-0.05, 0) is 54.5 Å². The van der Waals surface area contributed by atoms with Crippen LogP contribution in [-0.2, 0) is 11.4 Å². The summed E-state index contributed by atoms with van der Waals surface area (Å²) in [5, 5.41) is 12.2. The molecule has 0 spiro atoms. The maximum absolute atomic E-state index is 13.0. The van der Waals surface area contributed by atoms with Crippen molar-refractivity contribution in [3.63, 3.8) is 0 Å². The largest absolute Gasteiger partial charge is 0.488 e. The van der Waals surface area contributed by atoms with Crippen LogP contribution in [0.5, 0.6) is 5.75 Å². The van der Waals surface area contributed by atoms with Crippen LogP contribution in [0, 0.1) is 24.1 Å².